The largest absolute Gasteiger partial charge is 0.392 e. The molecule has 1 rings (SSSR count). The van der Waals surface area contributed by atoms with Gasteiger partial charge in [-0.3, -0.25) is 0 Å². The van der Waals surface area contributed by atoms with Gasteiger partial charge in [0.1, 0.15) is 0 Å². The van der Waals surface area contributed by atoms with Crippen molar-refractivity contribution in [2.75, 3.05) is 0 Å². The Labute approximate surface area is 118 Å². The molecular formula is C11H15ClN2O2S2. The summed E-state index contributed by atoms with van der Waals surface area (Å²) in [7, 11) is -3.67. The molecule has 0 bridgehead atoms. The molecule has 0 spiro atoms. The molecule has 0 fully saturated rings. The molecular weight excluding hydrogens is 292 g/mol. The number of hydrogen-bond acceptors (Lipinski definition) is 3. The highest BCUT2D eigenvalue weighted by molar-refractivity contribution is 7.89. The summed E-state index contributed by atoms with van der Waals surface area (Å²) in [5, 5.41) is 0.356. The Balaban J connectivity index is 3.05. The van der Waals surface area contributed by atoms with Gasteiger partial charge in [-0.2, -0.15) is 0 Å². The third-order valence-electron chi connectivity index (χ3n) is 2.36. The number of sulfonamides is 1. The van der Waals surface area contributed by atoms with Crippen molar-refractivity contribution in [1.29, 1.82) is 0 Å². The molecule has 0 saturated heterocycles. The van der Waals surface area contributed by atoms with E-state index in [2.05, 4.69) is 4.72 Å². The first kappa shape index (κ1) is 15.4. The number of hydrogen-bond donors (Lipinski definition) is 2. The van der Waals surface area contributed by atoms with Gasteiger partial charge in [-0.05, 0) is 24.1 Å². The zero-order valence-electron chi connectivity index (χ0n) is 10.1. The van der Waals surface area contributed by atoms with Crippen LogP contribution in [0.15, 0.2) is 29.2 Å². The summed E-state index contributed by atoms with van der Waals surface area (Å²) in [5.41, 5.74) is 5.53. The van der Waals surface area contributed by atoms with Crippen LogP contribution in [-0.2, 0) is 10.0 Å². The van der Waals surface area contributed by atoms with Gasteiger partial charge in [-0.25, -0.2) is 13.1 Å². The maximum atomic E-state index is 12.1. The molecule has 100 valence electrons. The first-order chi connectivity index (χ1) is 8.24. The summed E-state index contributed by atoms with van der Waals surface area (Å²) in [6, 6.07) is 5.44. The van der Waals surface area contributed by atoms with Crippen molar-refractivity contribution in [2.45, 2.75) is 24.8 Å². The quantitative estimate of drug-likeness (QED) is 0.815. The molecule has 7 heteroatoms. The number of thiocarbonyl (C=S) groups is 1. The minimum atomic E-state index is -3.67. The SMILES string of the molecule is CC(C)C(NS(=O)(=O)c1cccc(Cl)c1)C(N)=S. The molecule has 1 aromatic carbocycles. The van der Waals surface area contributed by atoms with Gasteiger partial charge in [0.25, 0.3) is 0 Å². The van der Waals surface area contributed by atoms with Crippen molar-refractivity contribution in [3.05, 3.63) is 29.3 Å². The average molecular weight is 307 g/mol. The van der Waals surface area contributed by atoms with Crippen molar-refractivity contribution in [1.82, 2.24) is 4.72 Å². The molecule has 0 saturated carbocycles. The van der Waals surface area contributed by atoms with Crippen LogP contribution in [0.25, 0.3) is 0 Å². The van der Waals surface area contributed by atoms with E-state index in [9.17, 15) is 8.42 Å². The second-order valence-electron chi connectivity index (χ2n) is 4.20. The van der Waals surface area contributed by atoms with E-state index >= 15 is 0 Å². The predicted molar refractivity (Wildman–Crippen MR) is 77.2 cm³/mol. The van der Waals surface area contributed by atoms with E-state index in [1.807, 2.05) is 13.8 Å². The normalized spacial score (nSPS) is 13.6. The van der Waals surface area contributed by atoms with Crippen LogP contribution in [0.5, 0.6) is 0 Å². The van der Waals surface area contributed by atoms with Crippen LogP contribution in [0.3, 0.4) is 0 Å². The predicted octanol–water partition coefficient (Wildman–Crippen LogP) is 1.93. The minimum Gasteiger partial charge on any atom is -0.392 e. The zero-order valence-corrected chi connectivity index (χ0v) is 12.4. The van der Waals surface area contributed by atoms with Gasteiger partial charge >= 0.3 is 0 Å². The second-order valence-corrected chi connectivity index (χ2v) is 6.82. The van der Waals surface area contributed by atoms with Gasteiger partial charge in [0.2, 0.25) is 10.0 Å². The molecule has 0 heterocycles. The van der Waals surface area contributed by atoms with Crippen LogP contribution in [0, 0.1) is 5.92 Å². The zero-order chi connectivity index (χ0) is 13.9. The fraction of sp³-hybridized carbons (Fsp3) is 0.364. The van der Waals surface area contributed by atoms with E-state index in [4.69, 9.17) is 29.6 Å². The van der Waals surface area contributed by atoms with Crippen molar-refractivity contribution < 1.29 is 8.42 Å². The molecule has 0 aliphatic heterocycles. The number of nitrogens with two attached hydrogens (primary N) is 1. The Bertz CT molecular complexity index is 544. The third kappa shape index (κ3) is 3.91. The molecule has 0 amide bonds. The van der Waals surface area contributed by atoms with E-state index in [-0.39, 0.29) is 15.8 Å². The van der Waals surface area contributed by atoms with Gasteiger partial charge in [0, 0.05) is 5.02 Å². The monoisotopic (exact) mass is 306 g/mol. The third-order valence-corrected chi connectivity index (χ3v) is 4.29. The lowest BCUT2D eigenvalue weighted by Crippen LogP contribution is -2.46. The smallest absolute Gasteiger partial charge is 0.241 e. The Hall–Kier alpha value is -0.690. The summed E-state index contributed by atoms with van der Waals surface area (Å²) >= 11 is 10.6. The highest BCUT2D eigenvalue weighted by Gasteiger charge is 2.24. The van der Waals surface area contributed by atoms with E-state index in [1.54, 1.807) is 12.1 Å². The summed E-state index contributed by atoms with van der Waals surface area (Å²) in [6.07, 6.45) is 0. The number of nitrogens with one attached hydrogen (secondary N) is 1. The molecule has 0 aliphatic rings. The van der Waals surface area contributed by atoms with Crippen molar-refractivity contribution in [3.63, 3.8) is 0 Å². The van der Waals surface area contributed by atoms with Gasteiger partial charge < -0.3 is 5.73 Å². The maximum Gasteiger partial charge on any atom is 0.241 e. The highest BCUT2D eigenvalue weighted by Crippen LogP contribution is 2.16. The fourth-order valence-corrected chi connectivity index (χ4v) is 3.46. The standard InChI is InChI=1S/C11H15ClN2O2S2/c1-7(2)10(11(13)17)14-18(15,16)9-5-3-4-8(12)6-9/h3-7,10,14H,1-2H3,(H2,13,17). The number of rotatable bonds is 5. The highest BCUT2D eigenvalue weighted by atomic mass is 35.5. The minimum absolute atomic E-state index is 0.0311. The van der Waals surface area contributed by atoms with Crippen LogP contribution in [-0.4, -0.2) is 19.4 Å². The van der Waals surface area contributed by atoms with Crippen LogP contribution in [0.1, 0.15) is 13.8 Å². The molecule has 1 unspecified atom stereocenters. The first-order valence-corrected chi connectivity index (χ1v) is 7.58. The molecule has 1 atom stereocenters. The molecule has 18 heavy (non-hydrogen) atoms. The fourth-order valence-electron chi connectivity index (χ4n) is 1.39. The number of halogens is 1. The Morgan fingerprint density at radius 3 is 2.50 bits per heavy atom. The summed E-state index contributed by atoms with van der Waals surface area (Å²) < 4.78 is 26.7. The second kappa shape index (κ2) is 5.97. The van der Waals surface area contributed by atoms with Gasteiger partial charge in [0.05, 0.1) is 15.9 Å². The lowest BCUT2D eigenvalue weighted by atomic mass is 10.1. The lowest BCUT2D eigenvalue weighted by Gasteiger charge is -2.20. The Morgan fingerprint density at radius 1 is 1.44 bits per heavy atom. The Kier molecular flexibility index (Phi) is 5.10. The van der Waals surface area contributed by atoms with E-state index in [0.29, 0.717) is 5.02 Å². The molecule has 0 aliphatic carbocycles. The van der Waals surface area contributed by atoms with Crippen LogP contribution in [0.2, 0.25) is 5.02 Å². The molecule has 0 aromatic heterocycles. The summed E-state index contributed by atoms with van der Waals surface area (Å²) in [4.78, 5) is 0.215. The van der Waals surface area contributed by atoms with Gasteiger partial charge in [-0.15, -0.1) is 0 Å². The van der Waals surface area contributed by atoms with Crippen molar-refractivity contribution in [2.24, 2.45) is 11.7 Å². The number of benzene rings is 1. The molecule has 3 N–H and O–H groups in total. The lowest BCUT2D eigenvalue weighted by molar-refractivity contribution is 0.526. The van der Waals surface area contributed by atoms with E-state index in [1.165, 1.54) is 12.1 Å². The van der Waals surface area contributed by atoms with Gasteiger partial charge in [-0.1, -0.05) is 43.7 Å². The summed E-state index contributed by atoms with van der Waals surface area (Å²) in [6.45, 7) is 3.68. The van der Waals surface area contributed by atoms with Gasteiger partial charge in [0.15, 0.2) is 0 Å². The van der Waals surface area contributed by atoms with Crippen molar-refractivity contribution >= 4 is 38.8 Å². The van der Waals surface area contributed by atoms with Crippen molar-refractivity contribution in [3.8, 4) is 0 Å². The molecule has 0 radical (unpaired) electrons. The molecule has 1 aromatic rings. The summed E-state index contributed by atoms with van der Waals surface area (Å²) in [5.74, 6) is -0.0311. The maximum absolute atomic E-state index is 12.1. The average Bonchev–Trinajstić information content (AvgIpc) is 2.25. The van der Waals surface area contributed by atoms with E-state index in [0.717, 1.165) is 0 Å². The van der Waals surface area contributed by atoms with Crippen LogP contribution in [0.4, 0.5) is 0 Å². The molecule has 4 nitrogen and oxygen atoms in total. The van der Waals surface area contributed by atoms with Crippen LogP contribution >= 0.6 is 23.8 Å². The topological polar surface area (TPSA) is 72.2 Å². The Morgan fingerprint density at radius 2 is 2.06 bits per heavy atom. The first-order valence-electron chi connectivity index (χ1n) is 5.31. The van der Waals surface area contributed by atoms with E-state index < -0.39 is 16.1 Å². The van der Waals surface area contributed by atoms with Crippen LogP contribution < -0.4 is 10.5 Å².